The Bertz CT molecular complexity index is 441. The summed E-state index contributed by atoms with van der Waals surface area (Å²) < 4.78 is 0. The van der Waals surface area contributed by atoms with E-state index in [1.54, 1.807) is 0 Å². The van der Waals surface area contributed by atoms with Gasteiger partial charge in [-0.2, -0.15) is 5.10 Å². The lowest BCUT2D eigenvalue weighted by atomic mass is 10.5. The molecule has 8 heteroatoms. The van der Waals surface area contributed by atoms with Crippen molar-refractivity contribution in [3.63, 3.8) is 0 Å². The van der Waals surface area contributed by atoms with Crippen LogP contribution in [0.4, 0.5) is 5.95 Å². The predicted octanol–water partition coefficient (Wildman–Crippen LogP) is 0.340. The number of hydrogen-bond donors (Lipinski definition) is 3. The summed E-state index contributed by atoms with van der Waals surface area (Å²) in [5.74, 6) is 5.63. The van der Waals surface area contributed by atoms with Crippen molar-refractivity contribution in [2.45, 2.75) is 17.1 Å². The molecule has 2 aromatic rings. The summed E-state index contributed by atoms with van der Waals surface area (Å²) in [6.45, 7) is 1.87. The van der Waals surface area contributed by atoms with Crippen molar-refractivity contribution in [2.75, 3.05) is 5.43 Å². The monoisotopic (exact) mass is 223 g/mol. The van der Waals surface area contributed by atoms with Crippen molar-refractivity contribution >= 4 is 17.7 Å². The van der Waals surface area contributed by atoms with E-state index in [4.69, 9.17) is 5.84 Å². The van der Waals surface area contributed by atoms with E-state index in [9.17, 15) is 0 Å². The highest BCUT2D eigenvalue weighted by Gasteiger charge is 2.04. The molecule has 0 radical (unpaired) electrons. The zero-order chi connectivity index (χ0) is 10.7. The molecule has 0 saturated heterocycles. The van der Waals surface area contributed by atoms with Crippen LogP contribution < -0.4 is 11.3 Å². The zero-order valence-corrected chi connectivity index (χ0v) is 8.75. The second-order valence-corrected chi connectivity index (χ2v) is 3.72. The van der Waals surface area contributed by atoms with Crippen LogP contribution in [-0.2, 0) is 0 Å². The van der Waals surface area contributed by atoms with Gasteiger partial charge >= 0.3 is 0 Å². The first-order valence-electron chi connectivity index (χ1n) is 4.13. The zero-order valence-electron chi connectivity index (χ0n) is 7.93. The molecule has 0 aliphatic carbocycles. The first-order valence-corrected chi connectivity index (χ1v) is 4.95. The van der Waals surface area contributed by atoms with Gasteiger partial charge in [-0.3, -0.25) is 10.5 Å². The molecule has 0 unspecified atom stereocenters. The SMILES string of the molecule is Cc1cc(Sc2ncn[nH]2)nc(NN)n1. The van der Waals surface area contributed by atoms with Gasteiger partial charge in [-0.25, -0.2) is 20.8 Å². The van der Waals surface area contributed by atoms with Crippen molar-refractivity contribution in [1.82, 2.24) is 25.1 Å². The molecule has 2 heterocycles. The average molecular weight is 223 g/mol. The molecular formula is C7H9N7S. The summed E-state index contributed by atoms with van der Waals surface area (Å²) in [5.41, 5.74) is 3.24. The molecule has 0 amide bonds. The number of hydrogen-bond acceptors (Lipinski definition) is 7. The number of nitrogens with one attached hydrogen (secondary N) is 2. The number of anilines is 1. The summed E-state index contributed by atoms with van der Waals surface area (Å²) in [7, 11) is 0. The predicted molar refractivity (Wildman–Crippen MR) is 55.1 cm³/mol. The number of hydrazine groups is 1. The summed E-state index contributed by atoms with van der Waals surface area (Å²) >= 11 is 1.36. The van der Waals surface area contributed by atoms with E-state index < -0.39 is 0 Å². The van der Waals surface area contributed by atoms with E-state index in [0.717, 1.165) is 10.7 Å². The molecule has 2 aromatic heterocycles. The van der Waals surface area contributed by atoms with Gasteiger partial charge in [-0.15, -0.1) is 0 Å². The lowest BCUT2D eigenvalue weighted by molar-refractivity contribution is 0.954. The van der Waals surface area contributed by atoms with Gasteiger partial charge in [0, 0.05) is 5.69 Å². The molecule has 0 aliphatic heterocycles. The van der Waals surface area contributed by atoms with Gasteiger partial charge in [0.25, 0.3) is 0 Å². The molecule has 0 bridgehead atoms. The van der Waals surface area contributed by atoms with Gasteiger partial charge in [0.05, 0.1) is 0 Å². The molecule has 78 valence electrons. The van der Waals surface area contributed by atoms with E-state index in [1.165, 1.54) is 18.1 Å². The minimum Gasteiger partial charge on any atom is -0.292 e. The number of nitrogen functional groups attached to an aromatic ring is 1. The Morgan fingerprint density at radius 2 is 2.33 bits per heavy atom. The third-order valence-electron chi connectivity index (χ3n) is 1.55. The topological polar surface area (TPSA) is 105 Å². The third kappa shape index (κ3) is 2.42. The van der Waals surface area contributed by atoms with Crippen LogP contribution in [-0.4, -0.2) is 25.1 Å². The van der Waals surface area contributed by atoms with Crippen molar-refractivity contribution in [1.29, 1.82) is 0 Å². The van der Waals surface area contributed by atoms with Gasteiger partial charge in [-0.05, 0) is 24.8 Å². The number of nitrogens with zero attached hydrogens (tertiary/aromatic N) is 4. The number of nitrogens with two attached hydrogens (primary N) is 1. The standard InChI is InChI=1S/C7H9N7S/c1-4-2-5(12-6(11-4)13-8)15-7-9-3-10-14-7/h2-3H,8H2,1H3,(H,9,10,14)(H,11,12,13). The quantitative estimate of drug-likeness (QED) is 0.391. The Hall–Kier alpha value is -1.67. The van der Waals surface area contributed by atoms with Crippen LogP contribution in [0.2, 0.25) is 0 Å². The van der Waals surface area contributed by atoms with Gasteiger partial charge in [0.2, 0.25) is 5.95 Å². The molecule has 0 atom stereocenters. The maximum absolute atomic E-state index is 5.24. The van der Waals surface area contributed by atoms with Gasteiger partial charge in [0.15, 0.2) is 5.16 Å². The highest BCUT2D eigenvalue weighted by Crippen LogP contribution is 2.22. The summed E-state index contributed by atoms with van der Waals surface area (Å²) in [4.78, 5) is 12.2. The van der Waals surface area contributed by atoms with Crippen LogP contribution in [0.5, 0.6) is 0 Å². The largest absolute Gasteiger partial charge is 0.292 e. The lowest BCUT2D eigenvalue weighted by Crippen LogP contribution is -2.11. The first kappa shape index (κ1) is 9.87. The second-order valence-electron chi connectivity index (χ2n) is 2.71. The van der Waals surface area contributed by atoms with E-state index in [-0.39, 0.29) is 0 Å². The number of H-pyrrole nitrogens is 1. The fourth-order valence-corrected chi connectivity index (χ4v) is 1.76. The number of aromatic amines is 1. The second kappa shape index (κ2) is 4.24. The van der Waals surface area contributed by atoms with Crippen molar-refractivity contribution in [3.8, 4) is 0 Å². The van der Waals surface area contributed by atoms with Crippen LogP contribution in [0, 0.1) is 6.92 Å². The summed E-state index contributed by atoms with van der Waals surface area (Å²) in [6, 6.07) is 1.84. The molecule has 0 fully saturated rings. The third-order valence-corrected chi connectivity index (χ3v) is 2.36. The number of rotatable bonds is 3. The maximum atomic E-state index is 5.24. The minimum atomic E-state index is 0.386. The highest BCUT2D eigenvalue weighted by molar-refractivity contribution is 7.99. The maximum Gasteiger partial charge on any atom is 0.238 e. The van der Waals surface area contributed by atoms with Gasteiger partial charge < -0.3 is 0 Å². The smallest absolute Gasteiger partial charge is 0.238 e. The van der Waals surface area contributed by atoms with Crippen LogP contribution in [0.3, 0.4) is 0 Å². The average Bonchev–Trinajstić information content (AvgIpc) is 2.69. The van der Waals surface area contributed by atoms with Crippen LogP contribution in [0.15, 0.2) is 22.6 Å². The fourth-order valence-electron chi connectivity index (χ4n) is 0.999. The van der Waals surface area contributed by atoms with Crippen LogP contribution >= 0.6 is 11.8 Å². The van der Waals surface area contributed by atoms with Crippen molar-refractivity contribution in [3.05, 3.63) is 18.1 Å². The van der Waals surface area contributed by atoms with Crippen LogP contribution in [0.25, 0.3) is 0 Å². The molecule has 0 aliphatic rings. The Morgan fingerprint density at radius 3 is 3.00 bits per heavy atom. The Kier molecular flexibility index (Phi) is 2.79. The van der Waals surface area contributed by atoms with E-state index >= 15 is 0 Å². The Balaban J connectivity index is 2.24. The Labute approximate surface area is 89.9 Å². The fraction of sp³-hybridized carbons (Fsp3) is 0.143. The molecule has 0 aromatic carbocycles. The van der Waals surface area contributed by atoms with Crippen molar-refractivity contribution in [2.24, 2.45) is 5.84 Å². The van der Waals surface area contributed by atoms with E-state index in [0.29, 0.717) is 11.1 Å². The first-order chi connectivity index (χ1) is 7.28. The molecule has 0 saturated carbocycles. The highest BCUT2D eigenvalue weighted by atomic mass is 32.2. The van der Waals surface area contributed by atoms with E-state index in [2.05, 4.69) is 30.6 Å². The molecule has 2 rings (SSSR count). The summed E-state index contributed by atoms with van der Waals surface area (Å²) in [5, 5.41) is 7.91. The molecule has 4 N–H and O–H groups in total. The molecule has 7 nitrogen and oxygen atoms in total. The van der Waals surface area contributed by atoms with Gasteiger partial charge in [0.1, 0.15) is 11.4 Å². The normalized spacial score (nSPS) is 10.3. The molecule has 15 heavy (non-hydrogen) atoms. The van der Waals surface area contributed by atoms with E-state index in [1.807, 2.05) is 13.0 Å². The Morgan fingerprint density at radius 1 is 1.47 bits per heavy atom. The minimum absolute atomic E-state index is 0.386. The molecular weight excluding hydrogens is 214 g/mol. The van der Waals surface area contributed by atoms with Gasteiger partial charge in [-0.1, -0.05) is 0 Å². The van der Waals surface area contributed by atoms with Crippen molar-refractivity contribution < 1.29 is 0 Å². The summed E-state index contributed by atoms with van der Waals surface area (Å²) in [6.07, 6.45) is 1.44. The lowest BCUT2D eigenvalue weighted by Gasteiger charge is -2.02. The number of aryl methyl sites for hydroxylation is 1. The van der Waals surface area contributed by atoms with Crippen LogP contribution in [0.1, 0.15) is 5.69 Å². The molecule has 0 spiro atoms. The number of aromatic nitrogens is 5.